The van der Waals surface area contributed by atoms with E-state index in [1.807, 2.05) is 0 Å². The molecule has 0 fully saturated rings. The highest BCUT2D eigenvalue weighted by molar-refractivity contribution is 6.33. The minimum absolute atomic E-state index is 0.117. The maximum Gasteiger partial charge on any atom is 0.320 e. The van der Waals surface area contributed by atoms with Crippen LogP contribution in [0, 0.1) is 0 Å². The Morgan fingerprint density at radius 3 is 2.78 bits per heavy atom. The molecule has 0 amide bonds. The number of aldehydes is 1. The highest BCUT2D eigenvalue weighted by Gasteiger charge is 2.11. The van der Waals surface area contributed by atoms with Crippen LogP contribution in [-0.4, -0.2) is 35.8 Å². The van der Waals surface area contributed by atoms with Crippen molar-refractivity contribution in [3.8, 4) is 5.75 Å². The molecule has 0 bridgehead atoms. The third-order valence-electron chi connectivity index (χ3n) is 2.24. The molecule has 1 atom stereocenters. The zero-order valence-corrected chi connectivity index (χ0v) is 9.54. The minimum Gasteiger partial charge on any atom is -0.493 e. The first-order valence-corrected chi connectivity index (χ1v) is 5.25. The third-order valence-corrected chi connectivity index (χ3v) is 2.24. The van der Waals surface area contributed by atoms with Crippen molar-refractivity contribution in [2.24, 2.45) is 5.73 Å². The van der Waals surface area contributed by atoms with E-state index in [-0.39, 0.29) is 24.9 Å². The fourth-order valence-corrected chi connectivity index (χ4v) is 1.23. The molecule has 0 saturated heterocycles. The lowest BCUT2D eigenvalue weighted by Gasteiger charge is -2.09. The van der Waals surface area contributed by atoms with Gasteiger partial charge in [0.1, 0.15) is 11.8 Å². The van der Waals surface area contributed by atoms with Gasteiger partial charge in [-0.2, -0.15) is 0 Å². The number of hydrogen-bond donors (Lipinski definition) is 2. The average Bonchev–Trinajstić information content (AvgIpc) is 2.37. The van der Waals surface area contributed by atoms with Gasteiger partial charge in [0.2, 0.25) is 5.78 Å². The van der Waals surface area contributed by atoms with E-state index in [1.54, 1.807) is 12.1 Å². The molecule has 1 unspecified atom stereocenters. The fraction of sp³-hybridized carbons (Fsp3) is 0.250. The maximum absolute atomic E-state index is 11.1. The van der Waals surface area contributed by atoms with E-state index in [2.05, 4.69) is 0 Å². The van der Waals surface area contributed by atoms with Crippen LogP contribution in [-0.2, 0) is 9.59 Å². The summed E-state index contributed by atoms with van der Waals surface area (Å²) >= 11 is 0. The minimum atomic E-state index is -1.09. The van der Waals surface area contributed by atoms with E-state index >= 15 is 0 Å². The number of benzene rings is 1. The molecule has 18 heavy (non-hydrogen) atoms. The molecule has 0 saturated carbocycles. The molecule has 1 rings (SSSR count). The maximum atomic E-state index is 11.1. The molecule has 0 aliphatic rings. The molecule has 96 valence electrons. The molecule has 0 heterocycles. The number of ether oxygens (including phenoxy) is 1. The molecular formula is C12H13NO5. The molecular weight excluding hydrogens is 238 g/mol. The molecule has 0 spiro atoms. The Bertz CT molecular complexity index is 458. The van der Waals surface area contributed by atoms with Gasteiger partial charge in [0, 0.05) is 12.0 Å². The zero-order chi connectivity index (χ0) is 13.5. The number of Topliss-reactive ketones (excluding diaryl/α,β-unsaturated/α-hetero) is 1. The lowest BCUT2D eigenvalue weighted by atomic mass is 10.1. The van der Waals surface area contributed by atoms with Crippen LogP contribution in [0.1, 0.15) is 16.8 Å². The van der Waals surface area contributed by atoms with Gasteiger partial charge in [-0.25, -0.2) is 0 Å². The van der Waals surface area contributed by atoms with Crippen molar-refractivity contribution < 1.29 is 24.2 Å². The lowest BCUT2D eigenvalue weighted by molar-refractivity contribution is -0.138. The van der Waals surface area contributed by atoms with Crippen LogP contribution in [0.3, 0.4) is 0 Å². The van der Waals surface area contributed by atoms with Gasteiger partial charge in [0.15, 0.2) is 6.29 Å². The number of aliphatic carboxylic acids is 1. The highest BCUT2D eigenvalue weighted by atomic mass is 16.5. The van der Waals surface area contributed by atoms with E-state index < -0.39 is 17.8 Å². The van der Waals surface area contributed by atoms with Crippen LogP contribution in [0.15, 0.2) is 24.3 Å². The van der Waals surface area contributed by atoms with Crippen molar-refractivity contribution in [2.45, 2.75) is 12.5 Å². The number of nitrogens with two attached hydrogens (primary N) is 1. The van der Waals surface area contributed by atoms with Gasteiger partial charge in [-0.3, -0.25) is 14.4 Å². The Balaban J connectivity index is 2.55. The first kappa shape index (κ1) is 13.9. The number of carboxylic acid groups (broad SMARTS) is 1. The van der Waals surface area contributed by atoms with E-state index in [9.17, 15) is 14.4 Å². The molecule has 0 radical (unpaired) electrons. The first-order chi connectivity index (χ1) is 8.54. The summed E-state index contributed by atoms with van der Waals surface area (Å²) in [5, 5.41) is 8.56. The SMILES string of the molecule is NC(CCOc1cccc(C(=O)C=O)c1)C(=O)O. The van der Waals surface area contributed by atoms with Crippen molar-refractivity contribution in [3.05, 3.63) is 29.8 Å². The van der Waals surface area contributed by atoms with E-state index in [4.69, 9.17) is 15.6 Å². The van der Waals surface area contributed by atoms with Crippen molar-refractivity contribution >= 4 is 18.0 Å². The van der Waals surface area contributed by atoms with Gasteiger partial charge < -0.3 is 15.6 Å². The largest absolute Gasteiger partial charge is 0.493 e. The van der Waals surface area contributed by atoms with Crippen molar-refractivity contribution in [2.75, 3.05) is 6.61 Å². The number of ketones is 1. The summed E-state index contributed by atoms with van der Waals surface area (Å²) in [4.78, 5) is 31.9. The van der Waals surface area contributed by atoms with Crippen LogP contribution < -0.4 is 10.5 Å². The van der Waals surface area contributed by atoms with Crippen LogP contribution in [0.5, 0.6) is 5.75 Å². The first-order valence-electron chi connectivity index (χ1n) is 5.25. The van der Waals surface area contributed by atoms with Crippen LogP contribution in [0.25, 0.3) is 0 Å². The van der Waals surface area contributed by atoms with E-state index in [0.717, 1.165) is 0 Å². The predicted octanol–water partition coefficient (Wildman–Crippen LogP) is 0.249. The molecule has 0 aromatic heterocycles. The Morgan fingerprint density at radius 1 is 1.44 bits per heavy atom. The van der Waals surface area contributed by atoms with Crippen molar-refractivity contribution in [1.29, 1.82) is 0 Å². The van der Waals surface area contributed by atoms with Crippen molar-refractivity contribution in [3.63, 3.8) is 0 Å². The third kappa shape index (κ3) is 3.99. The summed E-state index contributed by atoms with van der Waals surface area (Å²) < 4.78 is 5.25. The summed E-state index contributed by atoms with van der Waals surface area (Å²) in [6.45, 7) is 0.117. The number of carbonyl (C=O) groups is 3. The summed E-state index contributed by atoms with van der Waals surface area (Å²) in [6.07, 6.45) is 0.376. The summed E-state index contributed by atoms with van der Waals surface area (Å²) in [5.74, 6) is -1.34. The van der Waals surface area contributed by atoms with Gasteiger partial charge >= 0.3 is 5.97 Å². The van der Waals surface area contributed by atoms with Crippen LogP contribution >= 0.6 is 0 Å². The molecule has 3 N–H and O–H groups in total. The Kier molecular flexibility index (Phi) is 5.01. The second kappa shape index (κ2) is 6.51. The number of carbonyl (C=O) groups excluding carboxylic acids is 2. The van der Waals surface area contributed by atoms with Gasteiger partial charge in [0.25, 0.3) is 0 Å². The Labute approximate surface area is 103 Å². The van der Waals surface area contributed by atoms with Crippen LogP contribution in [0.4, 0.5) is 0 Å². The monoisotopic (exact) mass is 251 g/mol. The summed E-state index contributed by atoms with van der Waals surface area (Å²) in [7, 11) is 0. The van der Waals surface area contributed by atoms with Gasteiger partial charge in [-0.1, -0.05) is 12.1 Å². The molecule has 6 heteroatoms. The summed E-state index contributed by atoms with van der Waals surface area (Å²) in [6, 6.07) is 5.11. The lowest BCUT2D eigenvalue weighted by Crippen LogP contribution is -2.31. The zero-order valence-electron chi connectivity index (χ0n) is 9.54. The van der Waals surface area contributed by atoms with Gasteiger partial charge in [0.05, 0.1) is 6.61 Å². The number of rotatable bonds is 7. The standard InChI is InChI=1S/C12H13NO5/c13-10(12(16)17)4-5-18-9-3-1-2-8(6-9)11(15)7-14/h1-3,6-7,10H,4-5,13H2,(H,16,17). The quantitative estimate of drug-likeness (QED) is 0.408. The average molecular weight is 251 g/mol. The van der Waals surface area contributed by atoms with E-state index in [1.165, 1.54) is 12.1 Å². The fourth-order valence-electron chi connectivity index (χ4n) is 1.23. The smallest absolute Gasteiger partial charge is 0.320 e. The molecule has 0 aliphatic heterocycles. The van der Waals surface area contributed by atoms with Crippen LogP contribution in [0.2, 0.25) is 0 Å². The predicted molar refractivity (Wildman–Crippen MR) is 62.6 cm³/mol. The Hall–Kier alpha value is -2.21. The number of hydrogen-bond acceptors (Lipinski definition) is 5. The second-order valence-corrected chi connectivity index (χ2v) is 3.59. The highest BCUT2D eigenvalue weighted by Crippen LogP contribution is 2.13. The van der Waals surface area contributed by atoms with Gasteiger partial charge in [-0.05, 0) is 12.1 Å². The summed E-state index contributed by atoms with van der Waals surface area (Å²) in [5.41, 5.74) is 5.53. The Morgan fingerprint density at radius 2 is 2.17 bits per heavy atom. The molecule has 1 aromatic carbocycles. The van der Waals surface area contributed by atoms with Crippen molar-refractivity contribution in [1.82, 2.24) is 0 Å². The molecule has 0 aliphatic carbocycles. The molecule has 1 aromatic rings. The van der Waals surface area contributed by atoms with E-state index in [0.29, 0.717) is 5.75 Å². The van der Waals surface area contributed by atoms with Gasteiger partial charge in [-0.15, -0.1) is 0 Å². The topological polar surface area (TPSA) is 107 Å². The second-order valence-electron chi connectivity index (χ2n) is 3.59. The normalized spacial score (nSPS) is 11.6. The molecule has 6 nitrogen and oxygen atoms in total. The number of carboxylic acids is 1.